The third-order valence-electron chi connectivity index (χ3n) is 5.33. The minimum absolute atomic E-state index is 0.123. The summed E-state index contributed by atoms with van der Waals surface area (Å²) in [5.41, 5.74) is 4.28. The highest BCUT2D eigenvalue weighted by molar-refractivity contribution is 9.10. The first kappa shape index (κ1) is 17.8. The highest BCUT2D eigenvalue weighted by atomic mass is 79.9. The Balaban J connectivity index is 1.74. The summed E-state index contributed by atoms with van der Waals surface area (Å²) in [5, 5.41) is 9.69. The van der Waals surface area contributed by atoms with E-state index in [1.807, 2.05) is 25.1 Å². The number of carbonyl (C=O) groups is 1. The number of aliphatic imine (C=N–C) groups is 1. The standard InChI is InChI=1S/C20H17BrN4O2S/c1-10-23-24-16-9-22-18(12-5-3-4-6-14(12)21)17-13-7-11(20(26)27-2)8-15(13)28-19(17)25(10)16/h3-6,11H,7-9H2,1-2H3. The van der Waals surface area contributed by atoms with Crippen molar-refractivity contribution < 1.29 is 9.53 Å². The van der Waals surface area contributed by atoms with E-state index in [1.54, 1.807) is 11.3 Å². The average molecular weight is 457 g/mol. The van der Waals surface area contributed by atoms with Gasteiger partial charge in [0.25, 0.3) is 0 Å². The van der Waals surface area contributed by atoms with Crippen LogP contribution in [0, 0.1) is 12.8 Å². The molecule has 0 saturated carbocycles. The van der Waals surface area contributed by atoms with Crippen LogP contribution in [-0.2, 0) is 28.9 Å². The molecule has 28 heavy (non-hydrogen) atoms. The zero-order valence-corrected chi connectivity index (χ0v) is 17.8. The lowest BCUT2D eigenvalue weighted by atomic mass is 9.98. The predicted octanol–water partition coefficient (Wildman–Crippen LogP) is 3.64. The van der Waals surface area contributed by atoms with Gasteiger partial charge in [-0.1, -0.05) is 34.1 Å². The maximum absolute atomic E-state index is 12.2. The van der Waals surface area contributed by atoms with Crippen LogP contribution in [0.3, 0.4) is 0 Å². The smallest absolute Gasteiger partial charge is 0.309 e. The molecule has 0 saturated heterocycles. The summed E-state index contributed by atoms with van der Waals surface area (Å²) in [4.78, 5) is 18.3. The van der Waals surface area contributed by atoms with Crippen molar-refractivity contribution in [2.75, 3.05) is 7.11 Å². The molecule has 0 spiro atoms. The number of esters is 1. The summed E-state index contributed by atoms with van der Waals surface area (Å²) in [7, 11) is 1.45. The molecule has 0 N–H and O–H groups in total. The number of methoxy groups -OCH3 is 1. The minimum Gasteiger partial charge on any atom is -0.469 e. The van der Waals surface area contributed by atoms with Gasteiger partial charge in [-0.15, -0.1) is 21.5 Å². The van der Waals surface area contributed by atoms with Gasteiger partial charge in [-0.3, -0.25) is 14.4 Å². The first-order valence-corrected chi connectivity index (χ1v) is 10.6. The number of thiophene rings is 1. The highest BCUT2D eigenvalue weighted by Gasteiger charge is 2.37. The van der Waals surface area contributed by atoms with E-state index in [9.17, 15) is 4.79 Å². The molecule has 1 atom stereocenters. The number of aromatic nitrogens is 3. The number of benzene rings is 1. The van der Waals surface area contributed by atoms with Crippen LogP contribution < -0.4 is 0 Å². The number of fused-ring (bicyclic) bond motifs is 5. The van der Waals surface area contributed by atoms with Crippen LogP contribution in [0.5, 0.6) is 0 Å². The molecule has 0 fully saturated rings. The van der Waals surface area contributed by atoms with E-state index >= 15 is 0 Å². The second-order valence-electron chi connectivity index (χ2n) is 6.96. The maximum Gasteiger partial charge on any atom is 0.309 e. The fourth-order valence-corrected chi connectivity index (χ4v) is 5.98. The maximum atomic E-state index is 12.2. The Bertz CT molecular complexity index is 1150. The summed E-state index contributed by atoms with van der Waals surface area (Å²) in [6.45, 7) is 2.43. The molecule has 1 aliphatic carbocycles. The van der Waals surface area contributed by atoms with Gasteiger partial charge in [0.15, 0.2) is 5.82 Å². The van der Waals surface area contributed by atoms with E-state index in [0.717, 1.165) is 38.0 Å². The molecular formula is C20H17BrN4O2S. The number of halogens is 1. The molecule has 1 unspecified atom stereocenters. The van der Waals surface area contributed by atoms with Crippen molar-refractivity contribution in [3.05, 3.63) is 62.0 Å². The van der Waals surface area contributed by atoms with E-state index in [0.29, 0.717) is 19.4 Å². The van der Waals surface area contributed by atoms with Gasteiger partial charge in [0.05, 0.1) is 18.7 Å². The van der Waals surface area contributed by atoms with Gasteiger partial charge in [0, 0.05) is 20.5 Å². The fourth-order valence-electron chi connectivity index (χ4n) is 4.03. The lowest BCUT2D eigenvalue weighted by Gasteiger charge is -2.12. The molecule has 0 amide bonds. The van der Waals surface area contributed by atoms with Crippen molar-refractivity contribution in [2.24, 2.45) is 10.9 Å². The summed E-state index contributed by atoms with van der Waals surface area (Å²) < 4.78 is 8.11. The van der Waals surface area contributed by atoms with Gasteiger partial charge in [-0.25, -0.2) is 0 Å². The fraction of sp³-hybridized carbons (Fsp3) is 0.300. The van der Waals surface area contributed by atoms with Crippen molar-refractivity contribution in [3.8, 4) is 5.00 Å². The van der Waals surface area contributed by atoms with Crippen LogP contribution in [0.15, 0.2) is 33.7 Å². The monoisotopic (exact) mass is 456 g/mol. The average Bonchev–Trinajstić information content (AvgIpc) is 3.33. The Kier molecular flexibility index (Phi) is 4.21. The molecule has 8 heteroatoms. The molecule has 1 aliphatic heterocycles. The normalized spacial score (nSPS) is 17.4. The van der Waals surface area contributed by atoms with Crippen molar-refractivity contribution in [1.82, 2.24) is 14.8 Å². The summed E-state index contributed by atoms with van der Waals surface area (Å²) in [6.07, 6.45) is 1.38. The lowest BCUT2D eigenvalue weighted by molar-refractivity contribution is -0.145. The molecule has 1 aromatic carbocycles. The third kappa shape index (κ3) is 2.58. The van der Waals surface area contributed by atoms with Crippen LogP contribution in [-0.4, -0.2) is 33.6 Å². The molecule has 2 aromatic heterocycles. The number of ether oxygens (including phenoxy) is 1. The predicted molar refractivity (Wildman–Crippen MR) is 110 cm³/mol. The van der Waals surface area contributed by atoms with Gasteiger partial charge in [-0.2, -0.15) is 0 Å². The van der Waals surface area contributed by atoms with E-state index < -0.39 is 0 Å². The van der Waals surface area contributed by atoms with Crippen LogP contribution in [0.25, 0.3) is 5.00 Å². The van der Waals surface area contributed by atoms with Crippen LogP contribution >= 0.6 is 27.3 Å². The van der Waals surface area contributed by atoms with Gasteiger partial charge in [0.1, 0.15) is 17.4 Å². The quantitative estimate of drug-likeness (QED) is 0.551. The number of hydrogen-bond acceptors (Lipinski definition) is 6. The summed E-state index contributed by atoms with van der Waals surface area (Å²) in [5.74, 6) is 1.42. The van der Waals surface area contributed by atoms with Crippen molar-refractivity contribution >= 4 is 38.9 Å². The van der Waals surface area contributed by atoms with Gasteiger partial charge in [0.2, 0.25) is 0 Å². The lowest BCUT2D eigenvalue weighted by Crippen LogP contribution is -2.17. The second-order valence-corrected chi connectivity index (χ2v) is 8.89. The molecule has 0 bridgehead atoms. The number of nitrogens with zero attached hydrogens (tertiary/aromatic N) is 4. The number of carbonyl (C=O) groups excluding carboxylic acids is 1. The van der Waals surface area contributed by atoms with Crippen molar-refractivity contribution in [3.63, 3.8) is 0 Å². The second kappa shape index (κ2) is 6.63. The summed E-state index contributed by atoms with van der Waals surface area (Å²) >= 11 is 5.39. The first-order valence-electron chi connectivity index (χ1n) is 9.01. The number of aryl methyl sites for hydroxylation is 1. The van der Waals surface area contributed by atoms with Crippen molar-refractivity contribution in [2.45, 2.75) is 26.3 Å². The molecule has 142 valence electrons. The van der Waals surface area contributed by atoms with E-state index in [1.165, 1.54) is 17.6 Å². The largest absolute Gasteiger partial charge is 0.469 e. The molecule has 0 radical (unpaired) electrons. The SMILES string of the molecule is COC(=O)C1Cc2sc3c(c2C1)C(c1ccccc1Br)=NCc1nnc(C)n1-3. The Hall–Kier alpha value is -2.32. The van der Waals surface area contributed by atoms with Gasteiger partial charge in [-0.05, 0) is 31.4 Å². The van der Waals surface area contributed by atoms with Crippen LogP contribution in [0.1, 0.15) is 33.2 Å². The Labute approximate surface area is 174 Å². The zero-order chi connectivity index (χ0) is 19.4. The van der Waals surface area contributed by atoms with Crippen LogP contribution in [0.2, 0.25) is 0 Å². The van der Waals surface area contributed by atoms with Crippen LogP contribution in [0.4, 0.5) is 0 Å². The molecule has 6 nitrogen and oxygen atoms in total. The molecular weight excluding hydrogens is 440 g/mol. The third-order valence-corrected chi connectivity index (χ3v) is 7.26. The highest BCUT2D eigenvalue weighted by Crippen LogP contribution is 2.43. The number of hydrogen-bond donors (Lipinski definition) is 0. The van der Waals surface area contributed by atoms with E-state index in [2.05, 4.69) is 36.8 Å². The topological polar surface area (TPSA) is 69.4 Å². The zero-order valence-electron chi connectivity index (χ0n) is 15.4. The van der Waals surface area contributed by atoms with E-state index in [4.69, 9.17) is 9.73 Å². The van der Waals surface area contributed by atoms with E-state index in [-0.39, 0.29) is 11.9 Å². The molecule has 2 aliphatic rings. The number of rotatable bonds is 2. The minimum atomic E-state index is -0.147. The molecule has 5 rings (SSSR count). The Morgan fingerprint density at radius 3 is 2.89 bits per heavy atom. The summed E-state index contributed by atoms with van der Waals surface area (Å²) in [6, 6.07) is 8.11. The van der Waals surface area contributed by atoms with Gasteiger partial charge < -0.3 is 4.74 Å². The Morgan fingerprint density at radius 1 is 1.29 bits per heavy atom. The van der Waals surface area contributed by atoms with Crippen molar-refractivity contribution in [1.29, 1.82) is 0 Å². The first-order chi connectivity index (χ1) is 13.6. The molecule has 3 aromatic rings. The molecule has 3 heterocycles. The van der Waals surface area contributed by atoms with Gasteiger partial charge >= 0.3 is 5.97 Å². The Morgan fingerprint density at radius 2 is 2.11 bits per heavy atom.